The van der Waals surface area contributed by atoms with Crippen molar-refractivity contribution in [3.63, 3.8) is 0 Å². The fourth-order valence-electron chi connectivity index (χ4n) is 3.08. The summed E-state index contributed by atoms with van der Waals surface area (Å²) in [6.07, 6.45) is 4.45. The summed E-state index contributed by atoms with van der Waals surface area (Å²) in [5, 5.41) is 23.5. The predicted octanol–water partition coefficient (Wildman–Crippen LogP) is 2.81. The van der Waals surface area contributed by atoms with Gasteiger partial charge >= 0.3 is 0 Å². The highest BCUT2D eigenvalue weighted by Gasteiger charge is 2.23. The molecule has 0 aromatic heterocycles. The number of aliphatic hydroxyl groups is 2. The number of nitrogens with one attached hydrogen (secondary N) is 1. The highest BCUT2D eigenvalue weighted by molar-refractivity contribution is 5.24. The Kier molecular flexibility index (Phi) is 6.22. The molecule has 0 spiro atoms. The van der Waals surface area contributed by atoms with E-state index in [1.165, 1.54) is 5.56 Å². The summed E-state index contributed by atoms with van der Waals surface area (Å²) in [5.41, 5.74) is 2.26. The zero-order valence-corrected chi connectivity index (χ0v) is 13.3. The highest BCUT2D eigenvalue weighted by atomic mass is 16.3. The first kappa shape index (κ1) is 16.5. The third-order valence-corrected chi connectivity index (χ3v) is 4.31. The first-order valence-electron chi connectivity index (χ1n) is 8.24. The van der Waals surface area contributed by atoms with Gasteiger partial charge in [-0.05, 0) is 36.3 Å². The highest BCUT2D eigenvalue weighted by Crippen LogP contribution is 2.20. The van der Waals surface area contributed by atoms with Crippen molar-refractivity contribution >= 4 is 0 Å². The average Bonchev–Trinajstić information content (AvgIpc) is 2.46. The lowest BCUT2D eigenvalue weighted by Crippen LogP contribution is -2.43. The number of hydrogen-bond acceptors (Lipinski definition) is 3. The van der Waals surface area contributed by atoms with Gasteiger partial charge in [-0.15, -0.1) is 0 Å². The molecule has 3 heteroatoms. The zero-order chi connectivity index (χ0) is 15.2. The summed E-state index contributed by atoms with van der Waals surface area (Å²) >= 11 is 0. The summed E-state index contributed by atoms with van der Waals surface area (Å²) in [7, 11) is 0. The SMILES string of the molecule is CC(C)Cc1ccc(C(O)CNC2CCCCC2O)cc1. The van der Waals surface area contributed by atoms with Crippen LogP contribution in [0, 0.1) is 5.92 Å². The molecule has 1 fully saturated rings. The minimum atomic E-state index is -0.507. The van der Waals surface area contributed by atoms with Crippen molar-refractivity contribution in [1.82, 2.24) is 5.32 Å². The molecule has 2 rings (SSSR count). The predicted molar refractivity (Wildman–Crippen MR) is 86.2 cm³/mol. The van der Waals surface area contributed by atoms with Gasteiger partial charge in [-0.1, -0.05) is 51.0 Å². The van der Waals surface area contributed by atoms with Crippen LogP contribution >= 0.6 is 0 Å². The summed E-state index contributed by atoms with van der Waals surface area (Å²) < 4.78 is 0. The molecular weight excluding hydrogens is 262 g/mol. The van der Waals surface area contributed by atoms with Crippen molar-refractivity contribution in [3.8, 4) is 0 Å². The van der Waals surface area contributed by atoms with Gasteiger partial charge in [0.25, 0.3) is 0 Å². The summed E-state index contributed by atoms with van der Waals surface area (Å²) in [4.78, 5) is 0. The second-order valence-electron chi connectivity index (χ2n) is 6.72. The van der Waals surface area contributed by atoms with Crippen LogP contribution in [-0.4, -0.2) is 28.9 Å². The van der Waals surface area contributed by atoms with Gasteiger partial charge in [-0.2, -0.15) is 0 Å². The van der Waals surface area contributed by atoms with Gasteiger partial charge in [0.1, 0.15) is 0 Å². The minimum Gasteiger partial charge on any atom is -0.392 e. The van der Waals surface area contributed by atoms with Crippen LogP contribution in [0.2, 0.25) is 0 Å². The monoisotopic (exact) mass is 291 g/mol. The second kappa shape index (κ2) is 7.92. The van der Waals surface area contributed by atoms with Crippen molar-refractivity contribution in [1.29, 1.82) is 0 Å². The maximum Gasteiger partial charge on any atom is 0.0914 e. The van der Waals surface area contributed by atoms with Crippen molar-refractivity contribution in [2.24, 2.45) is 5.92 Å². The van der Waals surface area contributed by atoms with E-state index in [0.717, 1.165) is 37.7 Å². The molecule has 21 heavy (non-hydrogen) atoms. The van der Waals surface area contributed by atoms with Gasteiger partial charge < -0.3 is 15.5 Å². The molecule has 0 saturated heterocycles. The first-order chi connectivity index (χ1) is 10.1. The van der Waals surface area contributed by atoms with Crippen LogP contribution < -0.4 is 5.32 Å². The molecule has 0 radical (unpaired) electrons. The molecule has 0 bridgehead atoms. The standard InChI is InChI=1S/C18H29NO2/c1-13(2)11-14-7-9-15(10-8-14)18(21)12-19-16-5-3-4-6-17(16)20/h7-10,13,16-21H,3-6,11-12H2,1-2H3. The lowest BCUT2D eigenvalue weighted by atomic mass is 9.92. The minimum absolute atomic E-state index is 0.133. The van der Waals surface area contributed by atoms with Crippen molar-refractivity contribution < 1.29 is 10.2 Å². The van der Waals surface area contributed by atoms with Gasteiger partial charge in [-0.3, -0.25) is 0 Å². The number of benzene rings is 1. The molecule has 1 aliphatic rings. The van der Waals surface area contributed by atoms with Crippen molar-refractivity contribution in [2.75, 3.05) is 6.54 Å². The maximum atomic E-state index is 10.3. The molecule has 3 N–H and O–H groups in total. The van der Waals surface area contributed by atoms with Crippen LogP contribution in [0.15, 0.2) is 24.3 Å². The van der Waals surface area contributed by atoms with Crippen molar-refractivity contribution in [2.45, 2.75) is 64.2 Å². The fraction of sp³-hybridized carbons (Fsp3) is 0.667. The van der Waals surface area contributed by atoms with E-state index >= 15 is 0 Å². The quantitative estimate of drug-likeness (QED) is 0.755. The van der Waals surface area contributed by atoms with E-state index in [-0.39, 0.29) is 12.1 Å². The van der Waals surface area contributed by atoms with Crippen LogP contribution in [0.1, 0.15) is 56.8 Å². The Labute approximate surface area is 128 Å². The maximum absolute atomic E-state index is 10.3. The molecule has 0 aliphatic heterocycles. The molecule has 3 atom stereocenters. The van der Waals surface area contributed by atoms with E-state index in [1.807, 2.05) is 12.1 Å². The molecule has 3 unspecified atom stereocenters. The van der Waals surface area contributed by atoms with E-state index in [9.17, 15) is 10.2 Å². The third-order valence-electron chi connectivity index (χ3n) is 4.31. The number of aliphatic hydroxyl groups excluding tert-OH is 2. The number of hydrogen-bond donors (Lipinski definition) is 3. The lowest BCUT2D eigenvalue weighted by molar-refractivity contribution is 0.0797. The molecule has 1 saturated carbocycles. The Bertz CT molecular complexity index is 416. The average molecular weight is 291 g/mol. The smallest absolute Gasteiger partial charge is 0.0914 e. The van der Waals surface area contributed by atoms with Crippen LogP contribution in [0.4, 0.5) is 0 Å². The fourth-order valence-corrected chi connectivity index (χ4v) is 3.08. The summed E-state index contributed by atoms with van der Waals surface area (Å²) in [6, 6.07) is 8.37. The van der Waals surface area contributed by atoms with Gasteiger partial charge in [-0.25, -0.2) is 0 Å². The van der Waals surface area contributed by atoms with Gasteiger partial charge in [0.15, 0.2) is 0 Å². The third kappa shape index (κ3) is 5.10. The Morgan fingerprint density at radius 3 is 2.43 bits per heavy atom. The summed E-state index contributed by atoms with van der Waals surface area (Å²) in [6.45, 7) is 4.93. The summed E-state index contributed by atoms with van der Waals surface area (Å²) in [5.74, 6) is 0.648. The Morgan fingerprint density at radius 2 is 1.81 bits per heavy atom. The molecule has 3 nitrogen and oxygen atoms in total. The Hall–Kier alpha value is -0.900. The molecular formula is C18H29NO2. The van der Waals surface area contributed by atoms with E-state index in [0.29, 0.717) is 12.5 Å². The molecule has 0 amide bonds. The normalized spacial score (nSPS) is 24.2. The Balaban J connectivity index is 1.83. The molecule has 0 heterocycles. The largest absolute Gasteiger partial charge is 0.392 e. The van der Waals surface area contributed by atoms with Crippen LogP contribution in [0.5, 0.6) is 0 Å². The van der Waals surface area contributed by atoms with Crippen LogP contribution in [0.3, 0.4) is 0 Å². The second-order valence-corrected chi connectivity index (χ2v) is 6.72. The van der Waals surface area contributed by atoms with Crippen LogP contribution in [0.25, 0.3) is 0 Å². The molecule has 1 aromatic carbocycles. The van der Waals surface area contributed by atoms with Gasteiger partial charge in [0, 0.05) is 12.6 Å². The molecule has 118 valence electrons. The first-order valence-corrected chi connectivity index (χ1v) is 8.24. The zero-order valence-electron chi connectivity index (χ0n) is 13.3. The molecule has 1 aromatic rings. The van der Waals surface area contributed by atoms with E-state index in [4.69, 9.17) is 0 Å². The molecule has 1 aliphatic carbocycles. The Morgan fingerprint density at radius 1 is 1.14 bits per heavy atom. The van der Waals surface area contributed by atoms with Gasteiger partial charge in [0.2, 0.25) is 0 Å². The van der Waals surface area contributed by atoms with Gasteiger partial charge in [0.05, 0.1) is 12.2 Å². The topological polar surface area (TPSA) is 52.5 Å². The number of rotatable bonds is 6. The van der Waals surface area contributed by atoms with E-state index in [2.05, 4.69) is 31.3 Å². The lowest BCUT2D eigenvalue weighted by Gasteiger charge is -2.29. The van der Waals surface area contributed by atoms with Crippen LogP contribution in [-0.2, 0) is 6.42 Å². The van der Waals surface area contributed by atoms with E-state index in [1.54, 1.807) is 0 Å². The van der Waals surface area contributed by atoms with E-state index < -0.39 is 6.10 Å². The van der Waals surface area contributed by atoms with Crippen molar-refractivity contribution in [3.05, 3.63) is 35.4 Å².